The van der Waals surface area contributed by atoms with Crippen molar-refractivity contribution in [2.45, 2.75) is 43.7 Å². The summed E-state index contributed by atoms with van der Waals surface area (Å²) in [6, 6.07) is 5.71. The Balaban J connectivity index is 1.81. The van der Waals surface area contributed by atoms with E-state index in [9.17, 15) is 0 Å². The highest BCUT2D eigenvalue weighted by atomic mass is 35.5. The van der Waals surface area contributed by atoms with Gasteiger partial charge in [-0.2, -0.15) is 0 Å². The van der Waals surface area contributed by atoms with Crippen LogP contribution in [0.15, 0.2) is 18.2 Å². The number of nitrogens with two attached hydrogens (primary N) is 1. The molecule has 0 aromatic heterocycles. The van der Waals surface area contributed by atoms with Gasteiger partial charge in [0.2, 0.25) is 0 Å². The van der Waals surface area contributed by atoms with Crippen LogP contribution < -0.4 is 11.3 Å². The highest BCUT2D eigenvalue weighted by Gasteiger charge is 2.44. The maximum atomic E-state index is 6.11. The molecule has 1 saturated carbocycles. The van der Waals surface area contributed by atoms with Crippen molar-refractivity contribution in [1.82, 2.24) is 5.43 Å². The molecule has 110 valence electrons. The minimum Gasteiger partial charge on any atom is -0.375 e. The van der Waals surface area contributed by atoms with Gasteiger partial charge in [-0.15, -0.1) is 0 Å². The SMILES string of the molecule is NNC(c1cc(Cl)cc(Cl)c1)C1CCOC2(CCC2)C1. The Kier molecular flexibility index (Phi) is 4.25. The molecule has 3 N–H and O–H groups in total. The number of rotatable bonds is 3. The molecule has 3 nitrogen and oxygen atoms in total. The summed E-state index contributed by atoms with van der Waals surface area (Å²) in [4.78, 5) is 0. The number of benzene rings is 1. The Labute approximate surface area is 129 Å². The zero-order chi connectivity index (χ0) is 14.2. The van der Waals surface area contributed by atoms with Crippen LogP contribution in [-0.2, 0) is 4.74 Å². The van der Waals surface area contributed by atoms with E-state index in [1.165, 1.54) is 19.3 Å². The monoisotopic (exact) mass is 314 g/mol. The topological polar surface area (TPSA) is 47.3 Å². The van der Waals surface area contributed by atoms with Crippen LogP contribution in [0.5, 0.6) is 0 Å². The van der Waals surface area contributed by atoms with Gasteiger partial charge in [-0.3, -0.25) is 11.3 Å². The highest BCUT2D eigenvalue weighted by Crippen LogP contribution is 2.47. The first-order chi connectivity index (χ1) is 9.62. The summed E-state index contributed by atoms with van der Waals surface area (Å²) >= 11 is 12.2. The zero-order valence-corrected chi connectivity index (χ0v) is 12.9. The molecule has 1 aromatic carbocycles. The van der Waals surface area contributed by atoms with Crippen molar-refractivity contribution in [2.24, 2.45) is 11.8 Å². The van der Waals surface area contributed by atoms with Crippen LogP contribution in [0.25, 0.3) is 0 Å². The Morgan fingerprint density at radius 3 is 2.50 bits per heavy atom. The smallest absolute Gasteiger partial charge is 0.0686 e. The Bertz CT molecular complexity index is 471. The van der Waals surface area contributed by atoms with E-state index in [2.05, 4.69) is 5.43 Å². The summed E-state index contributed by atoms with van der Waals surface area (Å²) in [5.41, 5.74) is 4.13. The van der Waals surface area contributed by atoms with Crippen LogP contribution >= 0.6 is 23.2 Å². The number of hydrazine groups is 1. The van der Waals surface area contributed by atoms with E-state index in [1.54, 1.807) is 6.07 Å². The second-order valence-electron chi connectivity index (χ2n) is 5.99. The molecule has 1 spiro atoms. The summed E-state index contributed by atoms with van der Waals surface area (Å²) in [6.07, 6.45) is 5.71. The van der Waals surface area contributed by atoms with Gasteiger partial charge in [0.05, 0.1) is 5.60 Å². The second-order valence-corrected chi connectivity index (χ2v) is 6.86. The number of halogens is 2. The van der Waals surface area contributed by atoms with E-state index < -0.39 is 0 Å². The van der Waals surface area contributed by atoms with Crippen molar-refractivity contribution in [3.8, 4) is 0 Å². The first-order valence-corrected chi connectivity index (χ1v) is 7.94. The van der Waals surface area contributed by atoms with Gasteiger partial charge >= 0.3 is 0 Å². The molecule has 3 rings (SSSR count). The first kappa shape index (κ1) is 14.6. The van der Waals surface area contributed by atoms with Gasteiger partial charge in [0.1, 0.15) is 0 Å². The van der Waals surface area contributed by atoms with Crippen LogP contribution in [-0.4, -0.2) is 12.2 Å². The Morgan fingerprint density at radius 2 is 1.95 bits per heavy atom. The maximum absolute atomic E-state index is 6.11. The van der Waals surface area contributed by atoms with Crippen molar-refractivity contribution >= 4 is 23.2 Å². The summed E-state index contributed by atoms with van der Waals surface area (Å²) in [6.45, 7) is 0.817. The minimum absolute atomic E-state index is 0.0765. The molecule has 1 aliphatic heterocycles. The van der Waals surface area contributed by atoms with Gasteiger partial charge in [-0.25, -0.2) is 0 Å². The Hall–Kier alpha value is -0.320. The van der Waals surface area contributed by atoms with E-state index in [1.807, 2.05) is 12.1 Å². The molecule has 5 heteroatoms. The van der Waals surface area contributed by atoms with Crippen molar-refractivity contribution in [1.29, 1.82) is 0 Å². The lowest BCUT2D eigenvalue weighted by atomic mass is 9.70. The highest BCUT2D eigenvalue weighted by molar-refractivity contribution is 6.34. The molecule has 2 aliphatic rings. The van der Waals surface area contributed by atoms with Gasteiger partial charge in [0.25, 0.3) is 0 Å². The summed E-state index contributed by atoms with van der Waals surface area (Å²) < 4.78 is 5.99. The van der Waals surface area contributed by atoms with Crippen LogP contribution in [0.3, 0.4) is 0 Å². The normalized spacial score (nSPS) is 26.2. The van der Waals surface area contributed by atoms with E-state index in [0.29, 0.717) is 16.0 Å². The number of hydrogen-bond acceptors (Lipinski definition) is 3. The van der Waals surface area contributed by atoms with Crippen molar-refractivity contribution in [3.63, 3.8) is 0 Å². The fourth-order valence-corrected chi connectivity index (χ4v) is 4.07. The minimum atomic E-state index is 0.0765. The van der Waals surface area contributed by atoms with Gasteiger partial charge in [0, 0.05) is 22.7 Å². The third kappa shape index (κ3) is 2.83. The molecule has 1 heterocycles. The fraction of sp³-hybridized carbons (Fsp3) is 0.600. The second kappa shape index (κ2) is 5.82. The van der Waals surface area contributed by atoms with E-state index in [4.69, 9.17) is 33.8 Å². The average molecular weight is 315 g/mol. The summed E-state index contributed by atoms with van der Waals surface area (Å²) in [7, 11) is 0. The van der Waals surface area contributed by atoms with E-state index in [-0.39, 0.29) is 11.6 Å². The van der Waals surface area contributed by atoms with Crippen LogP contribution in [0, 0.1) is 5.92 Å². The molecular formula is C15H20Cl2N2O. The quantitative estimate of drug-likeness (QED) is 0.658. The third-order valence-corrected chi connectivity index (χ3v) is 5.13. The van der Waals surface area contributed by atoms with Gasteiger partial charge in [-0.05, 0) is 61.8 Å². The number of hydrogen-bond donors (Lipinski definition) is 2. The predicted molar refractivity (Wildman–Crippen MR) is 81.8 cm³/mol. The number of ether oxygens (including phenoxy) is 1. The zero-order valence-electron chi connectivity index (χ0n) is 11.4. The largest absolute Gasteiger partial charge is 0.375 e. The lowest BCUT2D eigenvalue weighted by Crippen LogP contribution is -2.48. The molecule has 2 unspecified atom stereocenters. The average Bonchev–Trinajstić information content (AvgIpc) is 2.37. The third-order valence-electron chi connectivity index (χ3n) is 4.69. The van der Waals surface area contributed by atoms with Crippen LogP contribution in [0.1, 0.15) is 43.7 Å². The standard InChI is InChI=1S/C15H20Cl2N2O/c16-12-6-11(7-13(17)8-12)14(19-18)10-2-5-20-15(9-10)3-1-4-15/h6-8,10,14,19H,1-5,9,18H2. The van der Waals surface area contributed by atoms with Crippen molar-refractivity contribution in [2.75, 3.05) is 6.61 Å². The summed E-state index contributed by atoms with van der Waals surface area (Å²) in [5.74, 6) is 6.27. The molecule has 0 amide bonds. The maximum Gasteiger partial charge on any atom is 0.0686 e. The van der Waals surface area contributed by atoms with E-state index >= 15 is 0 Å². The molecular weight excluding hydrogens is 295 g/mol. The molecule has 0 bridgehead atoms. The van der Waals surface area contributed by atoms with E-state index in [0.717, 1.165) is 25.0 Å². The van der Waals surface area contributed by atoms with Crippen LogP contribution in [0.2, 0.25) is 10.0 Å². The number of nitrogens with one attached hydrogen (secondary N) is 1. The molecule has 1 aromatic rings. The molecule has 1 aliphatic carbocycles. The fourth-order valence-electron chi connectivity index (χ4n) is 3.53. The van der Waals surface area contributed by atoms with Gasteiger partial charge < -0.3 is 4.74 Å². The molecule has 1 saturated heterocycles. The lowest BCUT2D eigenvalue weighted by Gasteiger charge is -2.48. The van der Waals surface area contributed by atoms with Gasteiger partial charge in [0.15, 0.2) is 0 Å². The first-order valence-electron chi connectivity index (χ1n) is 7.18. The van der Waals surface area contributed by atoms with Crippen molar-refractivity contribution < 1.29 is 4.74 Å². The molecule has 0 radical (unpaired) electrons. The summed E-state index contributed by atoms with van der Waals surface area (Å²) in [5, 5.41) is 1.30. The van der Waals surface area contributed by atoms with Gasteiger partial charge in [-0.1, -0.05) is 23.2 Å². The molecule has 2 fully saturated rings. The van der Waals surface area contributed by atoms with Crippen molar-refractivity contribution in [3.05, 3.63) is 33.8 Å². The van der Waals surface area contributed by atoms with Crippen LogP contribution in [0.4, 0.5) is 0 Å². The lowest BCUT2D eigenvalue weighted by molar-refractivity contribution is -0.147. The molecule has 2 atom stereocenters. The predicted octanol–water partition coefficient (Wildman–Crippen LogP) is 3.85. The molecule has 20 heavy (non-hydrogen) atoms. The Morgan fingerprint density at radius 1 is 1.25 bits per heavy atom.